The van der Waals surface area contributed by atoms with Gasteiger partial charge in [-0.2, -0.15) is 0 Å². The highest BCUT2D eigenvalue weighted by atomic mass is 19.1. The molecule has 6 heteroatoms. The maximum Gasteiger partial charge on any atom is 0.227 e. The van der Waals surface area contributed by atoms with Crippen molar-refractivity contribution >= 4 is 5.91 Å². The first-order chi connectivity index (χ1) is 11.3. The number of halogens is 1. The summed E-state index contributed by atoms with van der Waals surface area (Å²) in [6, 6.07) is 7.73. The highest BCUT2D eigenvalue weighted by Gasteiger charge is 2.31. The van der Waals surface area contributed by atoms with Crippen LogP contribution in [-0.2, 0) is 16.8 Å². The number of benzene rings is 1. The Hall–Kier alpha value is -2.34. The molecule has 0 bridgehead atoms. The second-order valence-corrected chi connectivity index (χ2v) is 6.37. The molecule has 2 heterocycles. The van der Waals surface area contributed by atoms with Gasteiger partial charge in [0.2, 0.25) is 5.91 Å². The SMILES string of the molecule is Cc1ccc(C(C)(O)CNC(=O)C2COc3ccc(F)cc3C2)o1. The van der Waals surface area contributed by atoms with Crippen molar-refractivity contribution in [3.8, 4) is 5.75 Å². The molecule has 3 rings (SSSR count). The topological polar surface area (TPSA) is 71.7 Å². The van der Waals surface area contributed by atoms with Crippen LogP contribution < -0.4 is 10.1 Å². The third-order valence-electron chi connectivity index (χ3n) is 4.18. The Morgan fingerprint density at radius 2 is 2.21 bits per heavy atom. The maximum absolute atomic E-state index is 13.3. The molecule has 1 aliphatic rings. The van der Waals surface area contributed by atoms with E-state index < -0.39 is 11.5 Å². The third kappa shape index (κ3) is 3.43. The van der Waals surface area contributed by atoms with Gasteiger partial charge in [-0.1, -0.05) is 0 Å². The van der Waals surface area contributed by atoms with E-state index in [2.05, 4.69) is 5.32 Å². The van der Waals surface area contributed by atoms with E-state index >= 15 is 0 Å². The Bertz CT molecular complexity index is 753. The highest BCUT2D eigenvalue weighted by molar-refractivity contribution is 5.79. The van der Waals surface area contributed by atoms with Crippen LogP contribution in [0.3, 0.4) is 0 Å². The van der Waals surface area contributed by atoms with Crippen molar-refractivity contribution in [2.24, 2.45) is 5.92 Å². The minimum absolute atomic E-state index is 0.0191. The number of aliphatic hydroxyl groups is 1. The summed E-state index contributed by atoms with van der Waals surface area (Å²) in [6.45, 7) is 3.61. The number of amides is 1. The van der Waals surface area contributed by atoms with Crippen molar-refractivity contribution < 1.29 is 23.4 Å². The molecule has 0 aliphatic carbocycles. The number of nitrogens with one attached hydrogen (secondary N) is 1. The Labute approximate surface area is 139 Å². The van der Waals surface area contributed by atoms with Crippen LogP contribution in [0.25, 0.3) is 0 Å². The van der Waals surface area contributed by atoms with Gasteiger partial charge in [-0.05, 0) is 56.2 Å². The number of carbonyl (C=O) groups excluding carboxylic acids is 1. The fraction of sp³-hybridized carbons (Fsp3) is 0.389. The molecule has 2 atom stereocenters. The number of hydrogen-bond acceptors (Lipinski definition) is 4. The summed E-state index contributed by atoms with van der Waals surface area (Å²) < 4.78 is 24.3. The van der Waals surface area contributed by atoms with Crippen LogP contribution in [-0.4, -0.2) is 24.2 Å². The Morgan fingerprint density at radius 1 is 1.42 bits per heavy atom. The number of carbonyl (C=O) groups is 1. The minimum Gasteiger partial charge on any atom is -0.492 e. The molecule has 1 aromatic heterocycles. The average molecular weight is 333 g/mol. The smallest absolute Gasteiger partial charge is 0.227 e. The highest BCUT2D eigenvalue weighted by Crippen LogP contribution is 2.28. The molecule has 2 N–H and O–H groups in total. The predicted molar refractivity (Wildman–Crippen MR) is 85.1 cm³/mol. The number of furan rings is 1. The summed E-state index contributed by atoms with van der Waals surface area (Å²) in [4.78, 5) is 12.3. The van der Waals surface area contributed by atoms with Crippen molar-refractivity contribution in [2.75, 3.05) is 13.2 Å². The van der Waals surface area contributed by atoms with Crippen molar-refractivity contribution in [1.29, 1.82) is 0 Å². The van der Waals surface area contributed by atoms with E-state index in [1.807, 2.05) is 0 Å². The standard InChI is InChI=1S/C18H20FNO4/c1-11-3-6-16(24-11)18(2,22)10-20-17(21)13-7-12-8-14(19)4-5-15(12)23-9-13/h3-6,8,13,22H,7,9-10H2,1-2H3,(H,20,21). The summed E-state index contributed by atoms with van der Waals surface area (Å²) in [7, 11) is 0. The van der Waals surface area contributed by atoms with E-state index in [9.17, 15) is 14.3 Å². The quantitative estimate of drug-likeness (QED) is 0.901. The second kappa shape index (κ2) is 6.28. The fourth-order valence-corrected chi connectivity index (χ4v) is 2.75. The zero-order valence-electron chi connectivity index (χ0n) is 13.6. The Kier molecular flexibility index (Phi) is 4.32. The van der Waals surface area contributed by atoms with Gasteiger partial charge in [0.15, 0.2) is 0 Å². The molecule has 1 aromatic carbocycles. The van der Waals surface area contributed by atoms with E-state index in [0.29, 0.717) is 29.3 Å². The number of ether oxygens (including phenoxy) is 1. The number of fused-ring (bicyclic) bond motifs is 1. The van der Waals surface area contributed by atoms with Gasteiger partial charge in [0, 0.05) is 0 Å². The first kappa shape index (κ1) is 16.5. The minimum atomic E-state index is -1.30. The van der Waals surface area contributed by atoms with Gasteiger partial charge in [0.25, 0.3) is 0 Å². The molecule has 0 saturated heterocycles. The predicted octanol–water partition coefficient (Wildman–Crippen LogP) is 2.30. The van der Waals surface area contributed by atoms with Gasteiger partial charge in [-0.3, -0.25) is 4.79 Å². The average Bonchev–Trinajstić information content (AvgIpc) is 2.99. The summed E-state index contributed by atoms with van der Waals surface area (Å²) in [5.41, 5.74) is -0.626. The van der Waals surface area contributed by atoms with E-state index in [1.54, 1.807) is 32.0 Å². The van der Waals surface area contributed by atoms with Crippen LogP contribution in [0.4, 0.5) is 4.39 Å². The van der Waals surface area contributed by atoms with Gasteiger partial charge < -0.3 is 19.6 Å². The Morgan fingerprint density at radius 3 is 2.92 bits per heavy atom. The molecule has 2 unspecified atom stereocenters. The van der Waals surface area contributed by atoms with Crippen molar-refractivity contribution in [1.82, 2.24) is 5.32 Å². The molecule has 24 heavy (non-hydrogen) atoms. The molecule has 5 nitrogen and oxygen atoms in total. The van der Waals surface area contributed by atoms with Crippen LogP contribution in [0.1, 0.15) is 24.0 Å². The number of aryl methyl sites for hydroxylation is 1. The van der Waals surface area contributed by atoms with Crippen molar-refractivity contribution in [3.05, 3.63) is 53.2 Å². The molecular formula is C18H20FNO4. The van der Waals surface area contributed by atoms with Gasteiger partial charge in [-0.15, -0.1) is 0 Å². The monoisotopic (exact) mass is 333 g/mol. The molecule has 0 spiro atoms. The van der Waals surface area contributed by atoms with E-state index in [-0.39, 0.29) is 24.9 Å². The van der Waals surface area contributed by atoms with Crippen LogP contribution >= 0.6 is 0 Å². The normalized spacial score (nSPS) is 19.1. The van der Waals surface area contributed by atoms with Gasteiger partial charge in [0.05, 0.1) is 12.5 Å². The third-order valence-corrected chi connectivity index (χ3v) is 4.18. The lowest BCUT2D eigenvalue weighted by Crippen LogP contribution is -2.43. The van der Waals surface area contributed by atoms with Crippen molar-refractivity contribution in [3.63, 3.8) is 0 Å². The van der Waals surface area contributed by atoms with Crippen molar-refractivity contribution in [2.45, 2.75) is 25.9 Å². The zero-order chi connectivity index (χ0) is 17.3. The first-order valence-electron chi connectivity index (χ1n) is 7.83. The van der Waals surface area contributed by atoms with Gasteiger partial charge in [0.1, 0.15) is 35.3 Å². The van der Waals surface area contributed by atoms with E-state index in [1.165, 1.54) is 12.1 Å². The van der Waals surface area contributed by atoms with E-state index in [4.69, 9.17) is 9.15 Å². The van der Waals surface area contributed by atoms with Crippen LogP contribution in [0, 0.1) is 18.7 Å². The molecule has 1 aliphatic heterocycles. The molecular weight excluding hydrogens is 313 g/mol. The van der Waals surface area contributed by atoms with Gasteiger partial charge in [-0.25, -0.2) is 4.39 Å². The molecule has 1 amide bonds. The molecule has 0 saturated carbocycles. The Balaban J connectivity index is 1.61. The van der Waals surface area contributed by atoms with Gasteiger partial charge >= 0.3 is 0 Å². The summed E-state index contributed by atoms with van der Waals surface area (Å²) >= 11 is 0. The van der Waals surface area contributed by atoms with Crippen LogP contribution in [0.5, 0.6) is 5.75 Å². The summed E-state index contributed by atoms with van der Waals surface area (Å²) in [6.07, 6.45) is 0.404. The second-order valence-electron chi connectivity index (χ2n) is 6.37. The van der Waals surface area contributed by atoms with Crippen LogP contribution in [0.2, 0.25) is 0 Å². The molecule has 128 valence electrons. The first-order valence-corrected chi connectivity index (χ1v) is 7.83. The van der Waals surface area contributed by atoms with E-state index in [0.717, 1.165) is 0 Å². The lowest BCUT2D eigenvalue weighted by Gasteiger charge is -2.26. The molecule has 2 aromatic rings. The summed E-state index contributed by atoms with van der Waals surface area (Å²) in [5, 5.41) is 13.2. The maximum atomic E-state index is 13.3. The fourth-order valence-electron chi connectivity index (χ4n) is 2.75. The molecule has 0 radical (unpaired) electrons. The lowest BCUT2D eigenvalue weighted by molar-refractivity contribution is -0.127. The largest absolute Gasteiger partial charge is 0.492 e. The number of rotatable bonds is 4. The lowest BCUT2D eigenvalue weighted by atomic mass is 9.95. The number of hydrogen-bond donors (Lipinski definition) is 2. The summed E-state index contributed by atoms with van der Waals surface area (Å²) in [5.74, 6) is 0.679. The molecule has 0 fully saturated rings. The van der Waals surface area contributed by atoms with Crippen LogP contribution in [0.15, 0.2) is 34.7 Å². The zero-order valence-corrected chi connectivity index (χ0v) is 13.6.